The van der Waals surface area contributed by atoms with Crippen molar-refractivity contribution < 1.29 is 5.11 Å². The fraction of sp³-hybridized carbons (Fsp3) is 0.300. The summed E-state index contributed by atoms with van der Waals surface area (Å²) in [6.45, 7) is 4.10. The zero-order valence-corrected chi connectivity index (χ0v) is 9.62. The largest absolute Gasteiger partial charge is 0.507 e. The molecule has 1 N–H and O–H groups in total. The van der Waals surface area contributed by atoms with Gasteiger partial charge in [0.2, 0.25) is 0 Å². The molecule has 0 radical (unpaired) electrons. The van der Waals surface area contributed by atoms with Crippen molar-refractivity contribution in [1.82, 2.24) is 9.78 Å². The molecule has 1 aromatic heterocycles. The van der Waals surface area contributed by atoms with Crippen molar-refractivity contribution in [2.75, 3.05) is 0 Å². The van der Waals surface area contributed by atoms with Gasteiger partial charge in [-0.2, -0.15) is 5.10 Å². The number of phenols is 1. The predicted octanol–water partition coefficient (Wildman–Crippen LogP) is 3.09. The summed E-state index contributed by atoms with van der Waals surface area (Å²) in [6.07, 6.45) is 0. The first-order valence-electron chi connectivity index (χ1n) is 4.47. The zero-order chi connectivity index (χ0) is 10.3. The minimum Gasteiger partial charge on any atom is -0.507 e. The summed E-state index contributed by atoms with van der Waals surface area (Å²) in [5, 5.41) is 14.8. The normalized spacial score (nSPS) is 11.4. The lowest BCUT2D eigenvalue weighted by atomic mass is 10.2. The van der Waals surface area contributed by atoms with Gasteiger partial charge >= 0.3 is 0 Å². The summed E-state index contributed by atoms with van der Waals surface area (Å²) >= 11 is 3.44. The highest BCUT2D eigenvalue weighted by atomic mass is 79.9. The number of aromatic hydroxyl groups is 1. The van der Waals surface area contributed by atoms with E-state index in [9.17, 15) is 5.11 Å². The number of halogens is 1. The van der Waals surface area contributed by atoms with Gasteiger partial charge in [-0.15, -0.1) is 0 Å². The lowest BCUT2D eigenvalue weighted by molar-refractivity contribution is 0.480. The van der Waals surface area contributed by atoms with E-state index < -0.39 is 0 Å². The number of phenolic OH excluding ortho intramolecular Hbond substituents is 1. The predicted molar refractivity (Wildman–Crippen MR) is 59.5 cm³/mol. The third-order valence-corrected chi connectivity index (χ3v) is 2.89. The van der Waals surface area contributed by atoms with E-state index in [4.69, 9.17) is 0 Å². The van der Waals surface area contributed by atoms with Gasteiger partial charge in [-0.3, -0.25) is 4.68 Å². The Morgan fingerprint density at radius 3 is 2.71 bits per heavy atom. The van der Waals surface area contributed by atoms with Crippen LogP contribution >= 0.6 is 15.9 Å². The molecule has 3 nitrogen and oxygen atoms in total. The molecule has 14 heavy (non-hydrogen) atoms. The van der Waals surface area contributed by atoms with E-state index in [0.717, 1.165) is 15.5 Å². The number of fused-ring (bicyclic) bond motifs is 1. The molecule has 0 spiro atoms. The SMILES string of the molecule is CC(C)n1nc2cccc(O)c2c1Br. The fourth-order valence-corrected chi connectivity index (χ4v) is 2.33. The molecule has 2 rings (SSSR count). The zero-order valence-electron chi connectivity index (χ0n) is 8.03. The first-order valence-corrected chi connectivity index (χ1v) is 5.26. The van der Waals surface area contributed by atoms with Crippen molar-refractivity contribution >= 4 is 26.8 Å². The van der Waals surface area contributed by atoms with Crippen LogP contribution in [0.1, 0.15) is 19.9 Å². The number of benzene rings is 1. The van der Waals surface area contributed by atoms with E-state index in [1.165, 1.54) is 0 Å². The summed E-state index contributed by atoms with van der Waals surface area (Å²) < 4.78 is 2.69. The fourth-order valence-electron chi connectivity index (χ4n) is 1.44. The number of hydrogen-bond acceptors (Lipinski definition) is 2. The first-order chi connectivity index (χ1) is 6.61. The van der Waals surface area contributed by atoms with Crippen LogP contribution in [0.15, 0.2) is 22.8 Å². The molecule has 1 heterocycles. The molecule has 2 aromatic rings. The maximum Gasteiger partial charge on any atom is 0.127 e. The lowest BCUT2D eigenvalue weighted by Gasteiger charge is -2.05. The van der Waals surface area contributed by atoms with Crippen molar-refractivity contribution in [3.05, 3.63) is 22.8 Å². The second kappa shape index (κ2) is 3.28. The van der Waals surface area contributed by atoms with Gasteiger partial charge in [-0.25, -0.2) is 0 Å². The molecular formula is C10H11BrN2O. The third kappa shape index (κ3) is 1.30. The molecule has 0 atom stereocenters. The Kier molecular flexibility index (Phi) is 2.23. The minimum absolute atomic E-state index is 0.265. The Labute approximate surface area is 90.5 Å². The van der Waals surface area contributed by atoms with Crippen LogP contribution in [0.2, 0.25) is 0 Å². The van der Waals surface area contributed by atoms with Gasteiger partial charge < -0.3 is 5.11 Å². The van der Waals surface area contributed by atoms with E-state index in [1.807, 2.05) is 24.6 Å². The minimum atomic E-state index is 0.265. The standard InChI is InChI=1S/C10H11BrN2O/c1-6(2)13-10(11)9-7(12-13)4-3-5-8(9)14/h3-6,14H,1-2H3. The molecule has 0 aliphatic rings. The Balaban J connectivity index is 2.81. The van der Waals surface area contributed by atoms with E-state index in [0.29, 0.717) is 0 Å². The van der Waals surface area contributed by atoms with Crippen molar-refractivity contribution in [3.8, 4) is 5.75 Å². The van der Waals surface area contributed by atoms with Crippen LogP contribution in [0.25, 0.3) is 10.9 Å². The van der Waals surface area contributed by atoms with Gasteiger partial charge in [0, 0.05) is 6.04 Å². The Morgan fingerprint density at radius 2 is 2.14 bits per heavy atom. The average molecular weight is 255 g/mol. The number of hydrogen-bond donors (Lipinski definition) is 1. The molecule has 0 saturated carbocycles. The summed E-state index contributed by atoms with van der Waals surface area (Å²) in [5.74, 6) is 0.265. The van der Waals surface area contributed by atoms with Gasteiger partial charge in [-0.1, -0.05) is 6.07 Å². The van der Waals surface area contributed by atoms with Crippen molar-refractivity contribution in [2.24, 2.45) is 0 Å². The van der Waals surface area contributed by atoms with Crippen LogP contribution in [0.5, 0.6) is 5.75 Å². The maximum atomic E-state index is 9.66. The number of rotatable bonds is 1. The van der Waals surface area contributed by atoms with Crippen LogP contribution in [-0.2, 0) is 0 Å². The first kappa shape index (κ1) is 9.52. The van der Waals surface area contributed by atoms with Crippen LogP contribution in [0.4, 0.5) is 0 Å². The van der Waals surface area contributed by atoms with Crippen molar-refractivity contribution in [1.29, 1.82) is 0 Å². The van der Waals surface area contributed by atoms with Gasteiger partial charge in [-0.05, 0) is 41.9 Å². The summed E-state index contributed by atoms with van der Waals surface area (Å²) in [5.41, 5.74) is 0.811. The smallest absolute Gasteiger partial charge is 0.127 e. The summed E-state index contributed by atoms with van der Waals surface area (Å²) in [7, 11) is 0. The van der Waals surface area contributed by atoms with Gasteiger partial charge in [0.15, 0.2) is 0 Å². The maximum absolute atomic E-state index is 9.66. The number of nitrogens with zero attached hydrogens (tertiary/aromatic N) is 2. The monoisotopic (exact) mass is 254 g/mol. The van der Waals surface area contributed by atoms with Crippen LogP contribution in [-0.4, -0.2) is 14.9 Å². The average Bonchev–Trinajstić information content (AvgIpc) is 2.45. The molecule has 0 aliphatic heterocycles. The van der Waals surface area contributed by atoms with Crippen molar-refractivity contribution in [2.45, 2.75) is 19.9 Å². The van der Waals surface area contributed by atoms with Crippen LogP contribution in [0, 0.1) is 0 Å². The van der Waals surface area contributed by atoms with Gasteiger partial charge in [0.05, 0.1) is 10.9 Å². The molecule has 1 aromatic carbocycles. The Hall–Kier alpha value is -1.03. The van der Waals surface area contributed by atoms with Crippen LogP contribution < -0.4 is 0 Å². The molecule has 0 saturated heterocycles. The molecule has 4 heteroatoms. The topological polar surface area (TPSA) is 38.0 Å². The Bertz CT molecular complexity index is 476. The number of aromatic nitrogens is 2. The quantitative estimate of drug-likeness (QED) is 0.850. The molecule has 0 aliphatic carbocycles. The molecule has 74 valence electrons. The Morgan fingerprint density at radius 1 is 1.43 bits per heavy atom. The molecule has 0 amide bonds. The highest BCUT2D eigenvalue weighted by molar-refractivity contribution is 9.10. The second-order valence-corrected chi connectivity index (χ2v) is 4.25. The van der Waals surface area contributed by atoms with E-state index in [1.54, 1.807) is 12.1 Å². The molecular weight excluding hydrogens is 244 g/mol. The second-order valence-electron chi connectivity index (χ2n) is 3.50. The lowest BCUT2D eigenvalue weighted by Crippen LogP contribution is -2.02. The summed E-state index contributed by atoms with van der Waals surface area (Å²) in [4.78, 5) is 0. The van der Waals surface area contributed by atoms with E-state index in [2.05, 4.69) is 21.0 Å². The van der Waals surface area contributed by atoms with Gasteiger partial charge in [0.1, 0.15) is 10.4 Å². The third-order valence-electron chi connectivity index (χ3n) is 2.13. The van der Waals surface area contributed by atoms with E-state index in [-0.39, 0.29) is 11.8 Å². The van der Waals surface area contributed by atoms with E-state index >= 15 is 0 Å². The molecule has 0 fully saturated rings. The highest BCUT2D eigenvalue weighted by Gasteiger charge is 2.13. The highest BCUT2D eigenvalue weighted by Crippen LogP contribution is 2.32. The van der Waals surface area contributed by atoms with Crippen molar-refractivity contribution in [3.63, 3.8) is 0 Å². The van der Waals surface area contributed by atoms with Crippen LogP contribution in [0.3, 0.4) is 0 Å². The van der Waals surface area contributed by atoms with Gasteiger partial charge in [0.25, 0.3) is 0 Å². The summed E-state index contributed by atoms with van der Waals surface area (Å²) in [6, 6.07) is 5.62. The molecule has 0 unspecified atom stereocenters. The molecule has 0 bridgehead atoms.